The van der Waals surface area contributed by atoms with Crippen molar-refractivity contribution < 1.29 is 4.79 Å². The quantitative estimate of drug-likeness (QED) is 0.805. The predicted molar refractivity (Wildman–Crippen MR) is 67.8 cm³/mol. The summed E-state index contributed by atoms with van der Waals surface area (Å²) in [6.07, 6.45) is 0.837. The molecule has 0 fully saturated rings. The molecule has 0 radical (unpaired) electrons. The number of nitrogens with zero attached hydrogens (tertiary/aromatic N) is 2. The summed E-state index contributed by atoms with van der Waals surface area (Å²) >= 11 is 5.77. The van der Waals surface area contributed by atoms with Gasteiger partial charge >= 0.3 is 0 Å². The van der Waals surface area contributed by atoms with E-state index in [4.69, 9.17) is 17.3 Å². The van der Waals surface area contributed by atoms with Crippen molar-refractivity contribution in [1.82, 2.24) is 9.97 Å². The molecular formula is C11H17ClN4O. The van der Waals surface area contributed by atoms with E-state index in [-0.39, 0.29) is 17.8 Å². The smallest absolute Gasteiger partial charge is 0.243 e. The average molecular weight is 257 g/mol. The lowest BCUT2D eigenvalue weighted by Crippen LogP contribution is -2.41. The molecule has 0 aromatic carbocycles. The fraction of sp³-hybridized carbons (Fsp3) is 0.545. The van der Waals surface area contributed by atoms with Crippen molar-refractivity contribution in [3.63, 3.8) is 0 Å². The van der Waals surface area contributed by atoms with Crippen LogP contribution in [0.3, 0.4) is 0 Å². The summed E-state index contributed by atoms with van der Waals surface area (Å²) in [5.41, 5.74) is 6.49. The van der Waals surface area contributed by atoms with Crippen molar-refractivity contribution in [3.05, 3.63) is 16.9 Å². The van der Waals surface area contributed by atoms with E-state index in [1.807, 2.05) is 13.8 Å². The number of nitrogens with two attached hydrogens (primary N) is 1. The van der Waals surface area contributed by atoms with Crippen LogP contribution >= 0.6 is 11.6 Å². The molecule has 1 rings (SSSR count). The molecule has 0 bridgehead atoms. The van der Waals surface area contributed by atoms with Crippen molar-refractivity contribution in [3.8, 4) is 0 Å². The molecular weight excluding hydrogens is 240 g/mol. The number of amides is 1. The summed E-state index contributed by atoms with van der Waals surface area (Å²) in [6, 6.07) is 1.05. The van der Waals surface area contributed by atoms with Crippen LogP contribution in [0.4, 0.5) is 5.95 Å². The molecule has 94 valence electrons. The largest absolute Gasteiger partial charge is 0.320 e. The first-order chi connectivity index (χ1) is 7.93. The maximum atomic E-state index is 11.8. The number of carbonyl (C=O) groups excluding carboxylic acids is 1. The van der Waals surface area contributed by atoms with Gasteiger partial charge in [-0.1, -0.05) is 31.9 Å². The molecule has 6 heteroatoms. The molecule has 3 N–H and O–H groups in total. The van der Waals surface area contributed by atoms with Gasteiger partial charge in [0.05, 0.1) is 6.04 Å². The SMILES string of the molecule is CCC(C)[C@H](N)C(=O)Nc1nc(C)cc(Cl)n1. The van der Waals surface area contributed by atoms with E-state index in [9.17, 15) is 4.79 Å². The van der Waals surface area contributed by atoms with E-state index in [1.54, 1.807) is 13.0 Å². The molecule has 0 aliphatic rings. The second-order valence-corrected chi connectivity index (χ2v) is 4.44. The summed E-state index contributed by atoms with van der Waals surface area (Å²) in [4.78, 5) is 19.7. The topological polar surface area (TPSA) is 80.9 Å². The molecule has 0 saturated heterocycles. The van der Waals surface area contributed by atoms with Gasteiger partial charge in [0.2, 0.25) is 11.9 Å². The first-order valence-corrected chi connectivity index (χ1v) is 5.89. The second-order valence-electron chi connectivity index (χ2n) is 4.06. The minimum atomic E-state index is -0.567. The van der Waals surface area contributed by atoms with E-state index >= 15 is 0 Å². The highest BCUT2D eigenvalue weighted by Crippen LogP contribution is 2.11. The lowest BCUT2D eigenvalue weighted by molar-refractivity contribution is -0.118. The van der Waals surface area contributed by atoms with Crippen molar-refractivity contribution in [1.29, 1.82) is 0 Å². The van der Waals surface area contributed by atoms with Gasteiger partial charge in [0.1, 0.15) is 5.15 Å². The van der Waals surface area contributed by atoms with Crippen molar-refractivity contribution in [2.75, 3.05) is 5.32 Å². The number of carbonyl (C=O) groups is 1. The van der Waals surface area contributed by atoms with E-state index < -0.39 is 6.04 Å². The van der Waals surface area contributed by atoms with Crippen LogP contribution in [0.15, 0.2) is 6.07 Å². The van der Waals surface area contributed by atoms with Crippen molar-refractivity contribution in [2.24, 2.45) is 11.7 Å². The van der Waals surface area contributed by atoms with Gasteiger partial charge in [0.15, 0.2) is 0 Å². The Hall–Kier alpha value is -1.20. The fourth-order valence-corrected chi connectivity index (χ4v) is 1.53. The third kappa shape index (κ3) is 3.94. The number of aromatic nitrogens is 2. The molecule has 1 aromatic rings. The summed E-state index contributed by atoms with van der Waals surface area (Å²) in [5.74, 6) is 0.00931. The minimum Gasteiger partial charge on any atom is -0.320 e. The number of aryl methyl sites for hydroxylation is 1. The Bertz CT molecular complexity index is 390. The molecule has 5 nitrogen and oxygen atoms in total. The van der Waals surface area contributed by atoms with E-state index in [1.165, 1.54) is 0 Å². The lowest BCUT2D eigenvalue weighted by Gasteiger charge is -2.17. The minimum absolute atomic E-state index is 0.107. The molecule has 2 atom stereocenters. The Labute approximate surface area is 106 Å². The van der Waals surface area contributed by atoms with Crippen molar-refractivity contribution in [2.45, 2.75) is 33.2 Å². The molecule has 0 spiro atoms. The summed E-state index contributed by atoms with van der Waals surface area (Å²) < 4.78 is 0. The van der Waals surface area contributed by atoms with E-state index in [0.29, 0.717) is 10.8 Å². The van der Waals surface area contributed by atoms with Gasteiger partial charge in [-0.25, -0.2) is 9.97 Å². The van der Waals surface area contributed by atoms with Crippen molar-refractivity contribution >= 4 is 23.5 Å². The molecule has 1 heterocycles. The van der Waals surface area contributed by atoms with Crippen LogP contribution in [0.1, 0.15) is 26.0 Å². The van der Waals surface area contributed by atoms with E-state index in [2.05, 4.69) is 15.3 Å². The fourth-order valence-electron chi connectivity index (χ4n) is 1.29. The van der Waals surface area contributed by atoms with Crippen LogP contribution in [0.25, 0.3) is 0 Å². The first-order valence-electron chi connectivity index (χ1n) is 5.51. The first kappa shape index (κ1) is 13.9. The zero-order valence-electron chi connectivity index (χ0n) is 10.2. The molecule has 1 unspecified atom stereocenters. The second kappa shape index (κ2) is 5.93. The van der Waals surface area contributed by atoms with Gasteiger partial charge in [-0.3, -0.25) is 10.1 Å². The molecule has 17 heavy (non-hydrogen) atoms. The summed E-state index contributed by atoms with van der Waals surface area (Å²) in [7, 11) is 0. The normalized spacial score (nSPS) is 14.2. The monoisotopic (exact) mass is 256 g/mol. The Morgan fingerprint density at radius 2 is 2.24 bits per heavy atom. The lowest BCUT2D eigenvalue weighted by atomic mass is 10.00. The van der Waals surface area contributed by atoms with Crippen LogP contribution in [0, 0.1) is 12.8 Å². The standard InChI is InChI=1S/C11H17ClN4O/c1-4-6(2)9(13)10(17)16-11-14-7(3)5-8(12)15-11/h5-6,9H,4,13H2,1-3H3,(H,14,15,16,17)/t6?,9-/m0/s1. The van der Waals surface area contributed by atoms with Crippen LogP contribution in [0.2, 0.25) is 5.15 Å². The highest BCUT2D eigenvalue weighted by Gasteiger charge is 2.20. The Morgan fingerprint density at radius 3 is 2.76 bits per heavy atom. The van der Waals surface area contributed by atoms with Gasteiger partial charge in [0.25, 0.3) is 0 Å². The van der Waals surface area contributed by atoms with Gasteiger partial charge in [-0.15, -0.1) is 0 Å². The number of hydrogen-bond donors (Lipinski definition) is 2. The average Bonchev–Trinajstić information content (AvgIpc) is 2.25. The number of halogens is 1. The maximum absolute atomic E-state index is 11.8. The Balaban J connectivity index is 2.74. The highest BCUT2D eigenvalue weighted by molar-refractivity contribution is 6.29. The zero-order chi connectivity index (χ0) is 13.0. The number of rotatable bonds is 4. The van der Waals surface area contributed by atoms with Gasteiger partial charge < -0.3 is 5.73 Å². The number of anilines is 1. The van der Waals surface area contributed by atoms with Crippen LogP contribution in [-0.4, -0.2) is 21.9 Å². The predicted octanol–water partition coefficient (Wildman–Crippen LogP) is 1.75. The molecule has 1 amide bonds. The molecule has 0 aliphatic carbocycles. The third-order valence-corrected chi connectivity index (χ3v) is 2.81. The molecule has 1 aromatic heterocycles. The van der Waals surface area contributed by atoms with Gasteiger partial charge in [-0.05, 0) is 18.9 Å². The van der Waals surface area contributed by atoms with Crippen LogP contribution in [-0.2, 0) is 4.79 Å². The third-order valence-electron chi connectivity index (χ3n) is 2.62. The Morgan fingerprint density at radius 1 is 1.59 bits per heavy atom. The zero-order valence-corrected chi connectivity index (χ0v) is 11.0. The van der Waals surface area contributed by atoms with Gasteiger partial charge in [0, 0.05) is 5.69 Å². The molecule has 0 saturated carbocycles. The highest BCUT2D eigenvalue weighted by atomic mass is 35.5. The number of nitrogens with one attached hydrogen (secondary N) is 1. The Kier molecular flexibility index (Phi) is 4.84. The van der Waals surface area contributed by atoms with Gasteiger partial charge in [-0.2, -0.15) is 0 Å². The van der Waals surface area contributed by atoms with E-state index in [0.717, 1.165) is 6.42 Å². The summed E-state index contributed by atoms with van der Waals surface area (Å²) in [6.45, 7) is 5.68. The maximum Gasteiger partial charge on any atom is 0.243 e. The van der Waals surface area contributed by atoms with Crippen LogP contribution < -0.4 is 11.1 Å². The summed E-state index contributed by atoms with van der Waals surface area (Å²) in [5, 5.41) is 2.86. The molecule has 0 aliphatic heterocycles. The number of hydrogen-bond acceptors (Lipinski definition) is 4. The van der Waals surface area contributed by atoms with Crippen LogP contribution in [0.5, 0.6) is 0 Å².